The minimum Gasteiger partial charge on any atom is -0.357 e. The molecule has 2 aliphatic heterocycles. The molecule has 68 valence electrons. The molecule has 2 aliphatic rings. The molecule has 12 heavy (non-hydrogen) atoms. The van der Waals surface area contributed by atoms with Crippen molar-refractivity contribution in [2.45, 2.75) is 12.1 Å². The summed E-state index contributed by atoms with van der Waals surface area (Å²) >= 11 is 4.99. The summed E-state index contributed by atoms with van der Waals surface area (Å²) in [7, 11) is -0.991. The number of thiocarbonyl (C=S) groups is 1. The minimum atomic E-state index is -2.83. The first kappa shape index (κ1) is 8.25. The van der Waals surface area contributed by atoms with Gasteiger partial charge in [-0.05, 0) is 12.2 Å². The highest BCUT2D eigenvalue weighted by Crippen LogP contribution is 2.22. The molecular formula is C6H10N2O2S2. The Labute approximate surface area is 76.8 Å². The quantitative estimate of drug-likeness (QED) is 0.514. The Morgan fingerprint density at radius 2 is 2.25 bits per heavy atom. The van der Waals surface area contributed by atoms with Crippen molar-refractivity contribution in [1.29, 1.82) is 0 Å². The van der Waals surface area contributed by atoms with Crippen molar-refractivity contribution in [2.24, 2.45) is 0 Å². The second kappa shape index (κ2) is 2.32. The van der Waals surface area contributed by atoms with Gasteiger partial charge in [0.05, 0.1) is 23.6 Å². The lowest BCUT2D eigenvalue weighted by Gasteiger charge is -2.15. The van der Waals surface area contributed by atoms with Crippen LogP contribution in [0.15, 0.2) is 0 Å². The zero-order valence-electron chi connectivity index (χ0n) is 6.65. The predicted octanol–water partition coefficient (Wildman–Crippen LogP) is -1.03. The third-order valence-corrected chi connectivity index (χ3v) is 4.57. The molecule has 0 radical (unpaired) electrons. The van der Waals surface area contributed by atoms with Crippen LogP contribution in [-0.4, -0.2) is 49.1 Å². The van der Waals surface area contributed by atoms with Crippen LogP contribution in [0.3, 0.4) is 0 Å². The summed E-state index contributed by atoms with van der Waals surface area (Å²) in [6, 6.07) is 0.0787. The van der Waals surface area contributed by atoms with Crippen LogP contribution < -0.4 is 5.32 Å². The number of hydrogen-bond acceptors (Lipinski definition) is 3. The van der Waals surface area contributed by atoms with Gasteiger partial charge in [0.2, 0.25) is 0 Å². The summed E-state index contributed by atoms with van der Waals surface area (Å²) in [5.74, 6) is 0.462. The number of hydrogen-bond donors (Lipinski definition) is 1. The maximum Gasteiger partial charge on any atom is 0.169 e. The van der Waals surface area contributed by atoms with E-state index < -0.39 is 9.84 Å². The molecule has 0 spiro atoms. The molecule has 0 unspecified atom stereocenters. The van der Waals surface area contributed by atoms with Gasteiger partial charge in [-0.1, -0.05) is 0 Å². The summed E-state index contributed by atoms with van der Waals surface area (Å²) in [6.07, 6.45) is 0. The molecular weight excluding hydrogens is 196 g/mol. The smallest absolute Gasteiger partial charge is 0.169 e. The lowest BCUT2D eigenvalue weighted by atomic mass is 10.2. The van der Waals surface area contributed by atoms with Gasteiger partial charge in [0, 0.05) is 7.05 Å². The van der Waals surface area contributed by atoms with E-state index in [1.54, 1.807) is 0 Å². The molecule has 0 aromatic rings. The number of rotatable bonds is 0. The van der Waals surface area contributed by atoms with Crippen LogP contribution in [-0.2, 0) is 9.84 Å². The molecule has 0 aromatic heterocycles. The van der Waals surface area contributed by atoms with Crippen molar-refractivity contribution in [3.63, 3.8) is 0 Å². The Bertz CT molecular complexity index is 324. The van der Waals surface area contributed by atoms with Crippen molar-refractivity contribution in [3.8, 4) is 0 Å². The summed E-state index contributed by atoms with van der Waals surface area (Å²) < 4.78 is 22.4. The molecule has 2 rings (SSSR count). The molecule has 2 atom stereocenters. The molecule has 0 aliphatic carbocycles. The van der Waals surface area contributed by atoms with Crippen LogP contribution in [0.25, 0.3) is 0 Å². The van der Waals surface area contributed by atoms with Gasteiger partial charge in [0.25, 0.3) is 0 Å². The van der Waals surface area contributed by atoms with Gasteiger partial charge < -0.3 is 10.2 Å². The lowest BCUT2D eigenvalue weighted by Crippen LogP contribution is -2.32. The number of fused-ring (bicyclic) bond motifs is 1. The van der Waals surface area contributed by atoms with Crippen LogP contribution in [0, 0.1) is 0 Å². The first-order valence-corrected chi connectivity index (χ1v) is 5.96. The highest BCUT2D eigenvalue weighted by atomic mass is 32.2. The van der Waals surface area contributed by atoms with E-state index in [4.69, 9.17) is 12.2 Å². The van der Waals surface area contributed by atoms with E-state index in [-0.39, 0.29) is 23.6 Å². The van der Waals surface area contributed by atoms with Crippen LogP contribution in [0.4, 0.5) is 0 Å². The molecule has 0 saturated carbocycles. The third kappa shape index (κ3) is 1.09. The van der Waals surface area contributed by atoms with Gasteiger partial charge in [0.1, 0.15) is 0 Å². The van der Waals surface area contributed by atoms with E-state index in [0.29, 0.717) is 5.11 Å². The van der Waals surface area contributed by atoms with Crippen molar-refractivity contribution in [1.82, 2.24) is 10.2 Å². The zero-order chi connectivity index (χ0) is 8.93. The predicted molar refractivity (Wildman–Crippen MR) is 49.7 cm³/mol. The largest absolute Gasteiger partial charge is 0.357 e. The molecule has 0 amide bonds. The monoisotopic (exact) mass is 206 g/mol. The van der Waals surface area contributed by atoms with Crippen molar-refractivity contribution in [3.05, 3.63) is 0 Å². The van der Waals surface area contributed by atoms with Crippen molar-refractivity contribution in [2.75, 3.05) is 18.6 Å². The fraction of sp³-hybridized carbons (Fsp3) is 0.833. The van der Waals surface area contributed by atoms with Crippen molar-refractivity contribution < 1.29 is 8.42 Å². The average Bonchev–Trinajstić information content (AvgIpc) is 2.33. The highest BCUT2D eigenvalue weighted by Gasteiger charge is 2.45. The normalized spacial score (nSPS) is 38.1. The van der Waals surface area contributed by atoms with E-state index in [1.807, 2.05) is 11.9 Å². The number of sulfone groups is 1. The molecule has 2 fully saturated rings. The average molecular weight is 206 g/mol. The SMILES string of the molecule is CN1C(=S)N[C@@H]2CS(=O)(=O)C[C@H]21. The third-order valence-electron chi connectivity index (χ3n) is 2.45. The van der Waals surface area contributed by atoms with Gasteiger partial charge in [-0.25, -0.2) is 8.42 Å². The van der Waals surface area contributed by atoms with E-state index in [9.17, 15) is 8.42 Å². The topological polar surface area (TPSA) is 49.4 Å². The molecule has 0 bridgehead atoms. The van der Waals surface area contributed by atoms with Crippen LogP contribution in [0.1, 0.15) is 0 Å². The molecule has 0 aromatic carbocycles. The summed E-state index contributed by atoms with van der Waals surface area (Å²) in [4.78, 5) is 1.84. The van der Waals surface area contributed by atoms with Gasteiger partial charge >= 0.3 is 0 Å². The standard InChI is InChI=1S/C6H10N2O2S2/c1-8-5-3-12(9,10)2-4(5)7-6(8)11/h4-5H,2-3H2,1H3,(H,7,11)/t4-,5-/m1/s1. The first-order valence-electron chi connectivity index (χ1n) is 3.73. The molecule has 4 nitrogen and oxygen atoms in total. The Kier molecular flexibility index (Phi) is 1.60. The fourth-order valence-electron chi connectivity index (χ4n) is 1.76. The summed E-state index contributed by atoms with van der Waals surface area (Å²) in [6.45, 7) is 0. The second-order valence-corrected chi connectivity index (χ2v) is 5.85. The van der Waals surface area contributed by atoms with E-state index in [0.717, 1.165) is 0 Å². The van der Waals surface area contributed by atoms with Gasteiger partial charge in [-0.3, -0.25) is 0 Å². The number of nitrogens with one attached hydrogen (secondary N) is 1. The fourth-order valence-corrected chi connectivity index (χ4v) is 4.01. The Morgan fingerprint density at radius 3 is 2.83 bits per heavy atom. The maximum absolute atomic E-state index is 11.2. The van der Waals surface area contributed by atoms with Gasteiger partial charge in [-0.15, -0.1) is 0 Å². The number of likely N-dealkylation sites (N-methyl/N-ethyl adjacent to an activating group) is 1. The van der Waals surface area contributed by atoms with E-state index >= 15 is 0 Å². The Hall–Kier alpha value is -0.360. The van der Waals surface area contributed by atoms with Crippen LogP contribution >= 0.6 is 12.2 Å². The molecule has 2 saturated heterocycles. The molecule has 2 heterocycles. The van der Waals surface area contributed by atoms with Gasteiger partial charge in [-0.2, -0.15) is 0 Å². The number of nitrogens with zero attached hydrogens (tertiary/aromatic N) is 1. The lowest BCUT2D eigenvalue weighted by molar-refractivity contribution is 0.416. The molecule has 6 heteroatoms. The maximum atomic E-state index is 11.2. The van der Waals surface area contributed by atoms with Crippen molar-refractivity contribution >= 4 is 27.2 Å². The highest BCUT2D eigenvalue weighted by molar-refractivity contribution is 7.91. The van der Waals surface area contributed by atoms with Gasteiger partial charge in [0.15, 0.2) is 14.9 Å². The minimum absolute atomic E-state index is 0.0208. The van der Waals surface area contributed by atoms with Crippen LogP contribution in [0.5, 0.6) is 0 Å². The van der Waals surface area contributed by atoms with E-state index in [2.05, 4.69) is 5.32 Å². The zero-order valence-corrected chi connectivity index (χ0v) is 8.28. The summed E-state index contributed by atoms with van der Waals surface area (Å²) in [5.41, 5.74) is 0. The van der Waals surface area contributed by atoms with E-state index in [1.165, 1.54) is 0 Å². The van der Waals surface area contributed by atoms with Crippen LogP contribution in [0.2, 0.25) is 0 Å². The summed E-state index contributed by atoms with van der Waals surface area (Å²) in [5, 5.41) is 3.67. The molecule has 1 N–H and O–H groups in total. The Morgan fingerprint density at radius 1 is 1.58 bits per heavy atom. The first-order chi connectivity index (χ1) is 5.49. The Balaban J connectivity index is 2.27. The second-order valence-electron chi connectivity index (χ2n) is 3.31.